The van der Waals surface area contributed by atoms with Crippen LogP contribution in [0.5, 0.6) is 0 Å². The van der Waals surface area contributed by atoms with E-state index in [0.717, 1.165) is 31.4 Å². The van der Waals surface area contributed by atoms with Gasteiger partial charge >= 0.3 is 0 Å². The standard InChI is InChI=1S/C17H18N6O/c24-17(15-10-18-22-21-15)20-14-7-4-8-16-13(14)9-19-23(16)11-12-5-2-1-3-6-12/h1-3,5-6,9-10,14H,4,7-8,11H2,(H,20,24)(H,18,21,22). The van der Waals surface area contributed by atoms with Gasteiger partial charge in [0.1, 0.15) is 0 Å². The SMILES string of the molecule is O=C(NC1CCCc2c1cnn2Cc1ccccc1)c1cn[nH]n1. The van der Waals surface area contributed by atoms with Crippen LogP contribution in [0.25, 0.3) is 0 Å². The van der Waals surface area contributed by atoms with Gasteiger partial charge < -0.3 is 5.32 Å². The molecule has 0 aliphatic heterocycles. The number of hydrogen-bond donors (Lipinski definition) is 2. The molecule has 24 heavy (non-hydrogen) atoms. The molecule has 1 aromatic carbocycles. The van der Waals surface area contributed by atoms with E-state index in [1.165, 1.54) is 17.5 Å². The molecular weight excluding hydrogens is 304 g/mol. The molecule has 1 unspecified atom stereocenters. The van der Waals surface area contributed by atoms with Crippen molar-refractivity contribution in [3.8, 4) is 0 Å². The molecule has 122 valence electrons. The molecule has 7 heteroatoms. The van der Waals surface area contributed by atoms with Crippen molar-refractivity contribution in [3.63, 3.8) is 0 Å². The average Bonchev–Trinajstić information content (AvgIpc) is 3.27. The van der Waals surface area contributed by atoms with E-state index in [2.05, 4.69) is 38.0 Å². The molecule has 2 aromatic heterocycles. The lowest BCUT2D eigenvalue weighted by atomic mass is 9.93. The molecule has 2 heterocycles. The molecule has 1 amide bonds. The summed E-state index contributed by atoms with van der Waals surface area (Å²) in [5.41, 5.74) is 3.83. The molecule has 4 rings (SSSR count). The summed E-state index contributed by atoms with van der Waals surface area (Å²) in [6.07, 6.45) is 6.23. The molecule has 1 atom stereocenters. The fourth-order valence-electron chi connectivity index (χ4n) is 3.20. The Hall–Kier alpha value is -2.96. The van der Waals surface area contributed by atoms with Crippen LogP contribution in [0.15, 0.2) is 42.7 Å². The van der Waals surface area contributed by atoms with Gasteiger partial charge in [0.25, 0.3) is 5.91 Å². The van der Waals surface area contributed by atoms with Crippen LogP contribution in [0.4, 0.5) is 0 Å². The number of aromatic amines is 1. The first kappa shape index (κ1) is 14.6. The summed E-state index contributed by atoms with van der Waals surface area (Å²) >= 11 is 0. The molecule has 0 radical (unpaired) electrons. The third-order valence-electron chi connectivity index (χ3n) is 4.39. The molecule has 0 fully saturated rings. The van der Waals surface area contributed by atoms with E-state index < -0.39 is 0 Å². The molecule has 7 nitrogen and oxygen atoms in total. The second-order valence-electron chi connectivity index (χ2n) is 5.96. The number of nitrogens with zero attached hydrogens (tertiary/aromatic N) is 4. The Morgan fingerprint density at radius 2 is 2.17 bits per heavy atom. The number of carbonyl (C=O) groups excluding carboxylic acids is 1. The Morgan fingerprint density at radius 1 is 1.29 bits per heavy atom. The largest absolute Gasteiger partial charge is 0.344 e. The van der Waals surface area contributed by atoms with E-state index in [9.17, 15) is 4.79 Å². The van der Waals surface area contributed by atoms with Crippen molar-refractivity contribution in [2.24, 2.45) is 0 Å². The first-order valence-electron chi connectivity index (χ1n) is 8.06. The van der Waals surface area contributed by atoms with E-state index >= 15 is 0 Å². The Balaban J connectivity index is 1.54. The number of amides is 1. The summed E-state index contributed by atoms with van der Waals surface area (Å²) in [4.78, 5) is 12.2. The number of fused-ring (bicyclic) bond motifs is 1. The van der Waals surface area contributed by atoms with Crippen molar-refractivity contribution in [1.82, 2.24) is 30.5 Å². The Bertz CT molecular complexity index is 824. The van der Waals surface area contributed by atoms with Gasteiger partial charge in [0.05, 0.1) is 25.0 Å². The van der Waals surface area contributed by atoms with Crippen LogP contribution in [0.1, 0.15) is 46.2 Å². The van der Waals surface area contributed by atoms with E-state index in [1.54, 1.807) is 0 Å². The van der Waals surface area contributed by atoms with Crippen molar-refractivity contribution >= 4 is 5.91 Å². The highest BCUT2D eigenvalue weighted by molar-refractivity contribution is 5.92. The van der Waals surface area contributed by atoms with Gasteiger partial charge in [0.2, 0.25) is 0 Å². The molecular formula is C17H18N6O. The minimum Gasteiger partial charge on any atom is -0.344 e. The normalized spacial score (nSPS) is 16.6. The zero-order valence-corrected chi connectivity index (χ0v) is 13.1. The van der Waals surface area contributed by atoms with Gasteiger partial charge in [-0.3, -0.25) is 9.48 Å². The van der Waals surface area contributed by atoms with Crippen LogP contribution in [-0.2, 0) is 13.0 Å². The van der Waals surface area contributed by atoms with Crippen LogP contribution in [0, 0.1) is 0 Å². The lowest BCUT2D eigenvalue weighted by Gasteiger charge is -2.24. The summed E-state index contributed by atoms with van der Waals surface area (Å²) < 4.78 is 2.04. The Kier molecular flexibility index (Phi) is 3.82. The van der Waals surface area contributed by atoms with E-state index in [1.807, 2.05) is 29.1 Å². The minimum absolute atomic E-state index is 0.0255. The van der Waals surface area contributed by atoms with Crippen LogP contribution in [0.2, 0.25) is 0 Å². The van der Waals surface area contributed by atoms with Crippen LogP contribution >= 0.6 is 0 Å². The molecule has 0 spiro atoms. The van der Waals surface area contributed by atoms with Gasteiger partial charge in [0, 0.05) is 11.3 Å². The summed E-state index contributed by atoms with van der Waals surface area (Å²) in [6.45, 7) is 0.750. The Morgan fingerprint density at radius 3 is 2.96 bits per heavy atom. The second-order valence-corrected chi connectivity index (χ2v) is 5.96. The predicted octanol–water partition coefficient (Wildman–Crippen LogP) is 1.86. The lowest BCUT2D eigenvalue weighted by molar-refractivity contribution is 0.0927. The molecule has 1 aliphatic carbocycles. The van der Waals surface area contributed by atoms with E-state index in [0.29, 0.717) is 5.69 Å². The van der Waals surface area contributed by atoms with Gasteiger partial charge in [-0.05, 0) is 24.8 Å². The third kappa shape index (κ3) is 2.80. The highest BCUT2D eigenvalue weighted by atomic mass is 16.2. The molecule has 0 saturated heterocycles. The Labute approximate surface area is 139 Å². The number of rotatable bonds is 4. The van der Waals surface area contributed by atoms with Crippen molar-refractivity contribution in [3.05, 3.63) is 65.2 Å². The molecule has 2 N–H and O–H groups in total. The molecule has 3 aromatic rings. The van der Waals surface area contributed by atoms with Crippen molar-refractivity contribution in [1.29, 1.82) is 0 Å². The zero-order chi connectivity index (χ0) is 16.4. The van der Waals surface area contributed by atoms with E-state index in [-0.39, 0.29) is 11.9 Å². The molecule has 0 saturated carbocycles. The van der Waals surface area contributed by atoms with Crippen molar-refractivity contribution in [2.75, 3.05) is 0 Å². The van der Waals surface area contributed by atoms with Crippen molar-refractivity contribution in [2.45, 2.75) is 31.8 Å². The summed E-state index contributed by atoms with van der Waals surface area (Å²) in [5.74, 6) is -0.211. The zero-order valence-electron chi connectivity index (χ0n) is 13.1. The molecule has 1 aliphatic rings. The number of hydrogen-bond acceptors (Lipinski definition) is 4. The smallest absolute Gasteiger partial charge is 0.273 e. The lowest BCUT2D eigenvalue weighted by Crippen LogP contribution is -2.31. The maximum atomic E-state index is 12.2. The first-order chi connectivity index (χ1) is 11.8. The number of H-pyrrole nitrogens is 1. The fourth-order valence-corrected chi connectivity index (χ4v) is 3.20. The monoisotopic (exact) mass is 322 g/mol. The average molecular weight is 322 g/mol. The van der Waals surface area contributed by atoms with Crippen molar-refractivity contribution < 1.29 is 4.79 Å². The maximum absolute atomic E-state index is 12.2. The van der Waals surface area contributed by atoms with Crippen LogP contribution in [0.3, 0.4) is 0 Å². The van der Waals surface area contributed by atoms with Gasteiger partial charge in [-0.15, -0.1) is 0 Å². The number of aromatic nitrogens is 5. The molecule has 0 bridgehead atoms. The fraction of sp³-hybridized carbons (Fsp3) is 0.294. The number of nitrogens with one attached hydrogen (secondary N) is 2. The van der Waals surface area contributed by atoms with Crippen LogP contribution < -0.4 is 5.32 Å². The predicted molar refractivity (Wildman–Crippen MR) is 87.3 cm³/mol. The van der Waals surface area contributed by atoms with E-state index in [4.69, 9.17) is 0 Å². The third-order valence-corrected chi connectivity index (χ3v) is 4.39. The quantitative estimate of drug-likeness (QED) is 0.767. The minimum atomic E-state index is -0.211. The maximum Gasteiger partial charge on any atom is 0.273 e. The highest BCUT2D eigenvalue weighted by Crippen LogP contribution is 2.30. The summed E-state index contributed by atoms with van der Waals surface area (Å²) in [6, 6.07) is 10.2. The second kappa shape index (κ2) is 6.27. The van der Waals surface area contributed by atoms with Gasteiger partial charge in [-0.1, -0.05) is 30.3 Å². The number of carbonyl (C=O) groups is 1. The topological polar surface area (TPSA) is 88.5 Å². The van der Waals surface area contributed by atoms with Gasteiger partial charge in [-0.2, -0.15) is 20.5 Å². The number of benzene rings is 1. The van der Waals surface area contributed by atoms with Gasteiger partial charge in [0.15, 0.2) is 5.69 Å². The summed E-state index contributed by atoms with van der Waals surface area (Å²) in [5, 5.41) is 17.6. The summed E-state index contributed by atoms with van der Waals surface area (Å²) in [7, 11) is 0. The highest BCUT2D eigenvalue weighted by Gasteiger charge is 2.26. The first-order valence-corrected chi connectivity index (χ1v) is 8.06. The van der Waals surface area contributed by atoms with Crippen LogP contribution in [-0.4, -0.2) is 31.1 Å². The van der Waals surface area contributed by atoms with Gasteiger partial charge in [-0.25, -0.2) is 0 Å².